The number of nitrogens with zero attached hydrogens (tertiary/aromatic N) is 1. The summed E-state index contributed by atoms with van der Waals surface area (Å²) in [6.45, 7) is 4.51. The number of cyclic esters (lactones) is 1. The van der Waals surface area contributed by atoms with Gasteiger partial charge in [0.1, 0.15) is 6.61 Å². The van der Waals surface area contributed by atoms with Gasteiger partial charge < -0.3 is 14.6 Å². The molecule has 3 rings (SSSR count). The van der Waals surface area contributed by atoms with E-state index in [9.17, 15) is 24.0 Å². The molecular formula is C33H39NO8. The summed E-state index contributed by atoms with van der Waals surface area (Å²) in [5.74, 6) is -3.71. The van der Waals surface area contributed by atoms with Crippen molar-refractivity contribution in [1.82, 2.24) is 4.90 Å². The number of imide groups is 1. The smallest absolute Gasteiger partial charge is 0.416 e. The van der Waals surface area contributed by atoms with Gasteiger partial charge in [-0.05, 0) is 50.3 Å². The number of ketones is 2. The van der Waals surface area contributed by atoms with Crippen LogP contribution in [0.2, 0.25) is 0 Å². The molecule has 224 valence electrons. The predicted octanol–water partition coefficient (Wildman–Crippen LogP) is 4.62. The maximum Gasteiger partial charge on any atom is 0.416 e. The van der Waals surface area contributed by atoms with Crippen molar-refractivity contribution in [3.63, 3.8) is 0 Å². The molecule has 0 saturated carbocycles. The molecule has 1 aliphatic heterocycles. The Kier molecular flexibility index (Phi) is 12.2. The highest BCUT2D eigenvalue weighted by atomic mass is 16.6. The average Bonchev–Trinajstić information content (AvgIpc) is 3.33. The topological polar surface area (TPSA) is 127 Å². The molecule has 1 fully saturated rings. The van der Waals surface area contributed by atoms with E-state index >= 15 is 0 Å². The fraction of sp³-hybridized carbons (Fsp3) is 0.424. The number of amides is 2. The van der Waals surface area contributed by atoms with Crippen LogP contribution in [-0.2, 0) is 35.1 Å². The number of unbranched alkanes of at least 4 members (excludes halogenated alkanes) is 3. The molecule has 9 heteroatoms. The van der Waals surface area contributed by atoms with Crippen LogP contribution in [0.25, 0.3) is 5.57 Å². The van der Waals surface area contributed by atoms with Crippen molar-refractivity contribution < 1.29 is 38.6 Å². The van der Waals surface area contributed by atoms with Gasteiger partial charge in [-0.25, -0.2) is 9.69 Å². The molecule has 1 heterocycles. The molecular weight excluding hydrogens is 538 g/mol. The van der Waals surface area contributed by atoms with Crippen LogP contribution in [0, 0.1) is 12.8 Å². The third-order valence-electron chi connectivity index (χ3n) is 7.16. The summed E-state index contributed by atoms with van der Waals surface area (Å²) >= 11 is 0. The molecule has 2 amide bonds. The summed E-state index contributed by atoms with van der Waals surface area (Å²) in [6, 6.07) is 15.9. The van der Waals surface area contributed by atoms with Crippen LogP contribution in [0.15, 0.2) is 60.7 Å². The van der Waals surface area contributed by atoms with Crippen molar-refractivity contribution in [2.75, 3.05) is 13.2 Å². The number of aliphatic hydroxyl groups is 1. The molecule has 1 N–H and O–H groups in total. The Labute approximate surface area is 246 Å². The number of allylic oxidation sites excluding steroid dienone is 1. The number of aliphatic hydroxyl groups excluding tert-OH is 1. The summed E-state index contributed by atoms with van der Waals surface area (Å²) in [6.07, 6.45) is 2.08. The van der Waals surface area contributed by atoms with E-state index in [1.54, 1.807) is 18.2 Å². The van der Waals surface area contributed by atoms with Gasteiger partial charge in [-0.2, -0.15) is 0 Å². The lowest BCUT2D eigenvalue weighted by Crippen LogP contribution is -2.48. The molecule has 9 nitrogen and oxygen atoms in total. The SMILES string of the molecule is CC(=O)O[C@@H](C(=O)C=C(C(=O)CCCCCCO)c1cccc(C)c1)[C@@H](C)C(=O)N1C(=O)OC[C@H]1Cc1ccccc1. The largest absolute Gasteiger partial charge is 0.453 e. The fourth-order valence-corrected chi connectivity index (χ4v) is 4.95. The van der Waals surface area contributed by atoms with Crippen LogP contribution in [0.5, 0.6) is 0 Å². The van der Waals surface area contributed by atoms with Gasteiger partial charge in [0.15, 0.2) is 17.7 Å². The molecule has 0 aliphatic carbocycles. The predicted molar refractivity (Wildman–Crippen MR) is 156 cm³/mol. The van der Waals surface area contributed by atoms with E-state index in [0.717, 1.165) is 41.9 Å². The van der Waals surface area contributed by atoms with E-state index in [2.05, 4.69) is 0 Å². The first kappa shape index (κ1) is 32.4. The summed E-state index contributed by atoms with van der Waals surface area (Å²) in [7, 11) is 0. The summed E-state index contributed by atoms with van der Waals surface area (Å²) in [5.41, 5.74) is 2.48. The molecule has 0 radical (unpaired) electrons. The number of hydrogen-bond acceptors (Lipinski definition) is 8. The summed E-state index contributed by atoms with van der Waals surface area (Å²) in [4.78, 5) is 66.2. The van der Waals surface area contributed by atoms with E-state index < -0.39 is 41.8 Å². The van der Waals surface area contributed by atoms with E-state index in [-0.39, 0.29) is 31.0 Å². The lowest BCUT2D eigenvalue weighted by atomic mass is 9.92. The van der Waals surface area contributed by atoms with Gasteiger partial charge >= 0.3 is 12.1 Å². The van der Waals surface area contributed by atoms with Gasteiger partial charge in [0.05, 0.1) is 12.0 Å². The molecule has 0 spiro atoms. The van der Waals surface area contributed by atoms with E-state index in [1.807, 2.05) is 43.3 Å². The van der Waals surface area contributed by atoms with Gasteiger partial charge in [-0.1, -0.05) is 73.0 Å². The Morgan fingerprint density at radius 2 is 1.76 bits per heavy atom. The highest BCUT2D eigenvalue weighted by molar-refractivity contribution is 6.25. The number of hydrogen-bond donors (Lipinski definition) is 1. The first-order valence-electron chi connectivity index (χ1n) is 14.3. The van der Waals surface area contributed by atoms with Crippen LogP contribution in [0.4, 0.5) is 4.79 Å². The molecule has 0 unspecified atom stereocenters. The van der Waals surface area contributed by atoms with E-state index in [1.165, 1.54) is 6.92 Å². The molecule has 0 aromatic heterocycles. The third kappa shape index (κ3) is 8.94. The van der Waals surface area contributed by atoms with Crippen molar-refractivity contribution in [3.05, 3.63) is 77.4 Å². The standard InChI is InChI=1S/C33H39NO8/c1-22-12-11-15-26(18-22)28(29(37)16-9-4-5-10-17-35)20-30(38)31(42-24(3)36)23(2)32(39)34-27(21-41-33(34)40)19-25-13-7-6-8-14-25/h6-8,11-15,18,20,23,27,31,35H,4-5,9-10,16-17,19,21H2,1-3H3/t23-,27-,31-/m1/s1. The average molecular weight is 578 g/mol. The summed E-state index contributed by atoms with van der Waals surface area (Å²) < 4.78 is 10.5. The van der Waals surface area contributed by atoms with Gasteiger partial charge in [0.2, 0.25) is 5.91 Å². The molecule has 42 heavy (non-hydrogen) atoms. The first-order valence-corrected chi connectivity index (χ1v) is 14.3. The number of rotatable bonds is 15. The Bertz CT molecular complexity index is 1300. The quantitative estimate of drug-likeness (QED) is 0.185. The number of benzene rings is 2. The maximum absolute atomic E-state index is 13.7. The molecule has 1 saturated heterocycles. The number of carbonyl (C=O) groups excluding carboxylic acids is 5. The van der Waals surface area contributed by atoms with E-state index in [0.29, 0.717) is 24.8 Å². The zero-order valence-corrected chi connectivity index (χ0v) is 24.4. The Morgan fingerprint density at radius 3 is 2.43 bits per heavy atom. The molecule has 2 aromatic carbocycles. The van der Waals surface area contributed by atoms with Crippen LogP contribution >= 0.6 is 0 Å². The normalized spacial score (nSPS) is 16.5. The zero-order valence-electron chi connectivity index (χ0n) is 24.4. The number of Topliss-reactive ketones (excluding diaryl/α,β-unsaturated/α-hetero) is 1. The second-order valence-corrected chi connectivity index (χ2v) is 10.6. The van der Waals surface area contributed by atoms with Crippen LogP contribution in [-0.4, -0.2) is 64.9 Å². The molecule has 1 aliphatic rings. The second kappa shape index (κ2) is 15.8. The fourth-order valence-electron chi connectivity index (χ4n) is 4.95. The van der Waals surface area contributed by atoms with Crippen molar-refractivity contribution in [2.45, 2.75) is 71.4 Å². The minimum Gasteiger partial charge on any atom is -0.453 e. The van der Waals surface area contributed by atoms with Crippen molar-refractivity contribution in [1.29, 1.82) is 0 Å². The number of aryl methyl sites for hydroxylation is 1. The van der Waals surface area contributed by atoms with Crippen LogP contribution in [0.3, 0.4) is 0 Å². The minimum absolute atomic E-state index is 0.00256. The van der Waals surface area contributed by atoms with Crippen LogP contribution < -0.4 is 0 Å². The highest BCUT2D eigenvalue weighted by Crippen LogP contribution is 2.25. The maximum atomic E-state index is 13.7. The molecule has 0 bridgehead atoms. The third-order valence-corrected chi connectivity index (χ3v) is 7.16. The second-order valence-electron chi connectivity index (χ2n) is 10.6. The lowest BCUT2D eigenvalue weighted by molar-refractivity contribution is -0.158. The zero-order chi connectivity index (χ0) is 30.6. The Hall–Kier alpha value is -4.11. The van der Waals surface area contributed by atoms with E-state index in [4.69, 9.17) is 14.6 Å². The first-order chi connectivity index (χ1) is 20.1. The van der Waals surface area contributed by atoms with Crippen molar-refractivity contribution in [3.8, 4) is 0 Å². The monoisotopic (exact) mass is 577 g/mol. The van der Waals surface area contributed by atoms with Crippen molar-refractivity contribution >= 4 is 35.1 Å². The van der Waals surface area contributed by atoms with Gasteiger partial charge in [-0.3, -0.25) is 19.2 Å². The summed E-state index contributed by atoms with van der Waals surface area (Å²) in [5, 5.41) is 9.00. The number of ether oxygens (including phenoxy) is 2. The van der Waals surface area contributed by atoms with Crippen LogP contribution in [0.1, 0.15) is 62.6 Å². The van der Waals surface area contributed by atoms with Gasteiger partial charge in [-0.15, -0.1) is 0 Å². The number of carbonyl (C=O) groups is 5. The molecule has 3 atom stereocenters. The van der Waals surface area contributed by atoms with Crippen molar-refractivity contribution in [2.24, 2.45) is 5.92 Å². The van der Waals surface area contributed by atoms with Gasteiger partial charge in [0, 0.05) is 25.5 Å². The minimum atomic E-state index is -1.56. The Morgan fingerprint density at radius 1 is 1.05 bits per heavy atom. The highest BCUT2D eigenvalue weighted by Gasteiger charge is 2.43. The number of esters is 1. The van der Waals surface area contributed by atoms with Gasteiger partial charge in [0.25, 0.3) is 0 Å². The Balaban J connectivity index is 1.88. The molecule has 2 aromatic rings. The lowest BCUT2D eigenvalue weighted by Gasteiger charge is -2.26.